The van der Waals surface area contributed by atoms with E-state index in [9.17, 15) is 9.59 Å². The monoisotopic (exact) mass is 304 g/mol. The number of carboxylic acids is 1. The summed E-state index contributed by atoms with van der Waals surface area (Å²) in [6.45, 7) is 6.05. The van der Waals surface area contributed by atoms with Crippen molar-refractivity contribution in [1.82, 2.24) is 9.80 Å². The molecule has 0 aromatic heterocycles. The van der Waals surface area contributed by atoms with Crippen molar-refractivity contribution in [1.29, 1.82) is 0 Å². The number of carboxylic acid groups (broad SMARTS) is 1. The molecule has 1 unspecified atom stereocenters. The molecule has 1 aromatic carbocycles. The largest absolute Gasteiger partial charge is 0.481 e. The third-order valence-electron chi connectivity index (χ3n) is 4.12. The van der Waals surface area contributed by atoms with E-state index in [0.717, 1.165) is 5.56 Å². The van der Waals surface area contributed by atoms with Gasteiger partial charge in [-0.05, 0) is 32.4 Å². The quantitative estimate of drug-likeness (QED) is 0.871. The molecule has 0 bridgehead atoms. The van der Waals surface area contributed by atoms with Crippen molar-refractivity contribution in [3.05, 3.63) is 35.9 Å². The highest BCUT2D eigenvalue weighted by molar-refractivity contribution is 5.79. The van der Waals surface area contributed by atoms with Gasteiger partial charge in [-0.25, -0.2) is 0 Å². The molecule has 0 radical (unpaired) electrons. The number of rotatable bonds is 6. The molecular weight excluding hydrogens is 280 g/mol. The average Bonchev–Trinajstić information content (AvgIpc) is 2.94. The predicted octanol–water partition coefficient (Wildman–Crippen LogP) is 1.83. The van der Waals surface area contributed by atoms with Crippen LogP contribution in [0.1, 0.15) is 25.8 Å². The zero-order chi connectivity index (χ0) is 16.1. The van der Waals surface area contributed by atoms with Crippen molar-refractivity contribution in [2.24, 2.45) is 5.92 Å². The van der Waals surface area contributed by atoms with Crippen LogP contribution in [0.4, 0.5) is 0 Å². The summed E-state index contributed by atoms with van der Waals surface area (Å²) < 4.78 is 0. The lowest BCUT2D eigenvalue weighted by atomic mass is 10.1. The lowest BCUT2D eigenvalue weighted by Gasteiger charge is -2.29. The Bertz CT molecular complexity index is 516. The fourth-order valence-corrected chi connectivity index (χ4v) is 2.80. The number of amides is 1. The molecule has 0 saturated carbocycles. The highest BCUT2D eigenvalue weighted by Gasteiger charge is 2.30. The van der Waals surface area contributed by atoms with Gasteiger partial charge in [0.15, 0.2) is 0 Å². The first-order chi connectivity index (χ1) is 10.5. The van der Waals surface area contributed by atoms with E-state index < -0.39 is 5.97 Å². The summed E-state index contributed by atoms with van der Waals surface area (Å²) >= 11 is 0. The molecule has 1 aliphatic heterocycles. The van der Waals surface area contributed by atoms with Gasteiger partial charge in [0.1, 0.15) is 0 Å². The van der Waals surface area contributed by atoms with Gasteiger partial charge in [-0.3, -0.25) is 14.5 Å². The van der Waals surface area contributed by atoms with Gasteiger partial charge in [0.2, 0.25) is 5.91 Å². The summed E-state index contributed by atoms with van der Waals surface area (Å²) in [7, 11) is 0. The average molecular weight is 304 g/mol. The lowest BCUT2D eigenvalue weighted by Crippen LogP contribution is -2.43. The van der Waals surface area contributed by atoms with E-state index in [1.807, 2.05) is 54.0 Å². The standard InChI is InChI=1S/C17H24N2O3/c1-13(2)19(10-14-6-4-3-5-7-14)16(20)12-18-9-8-15(11-18)17(21)22/h3-7,13,15H,8-12H2,1-2H3,(H,21,22). The third kappa shape index (κ3) is 4.31. The number of hydrogen-bond donors (Lipinski definition) is 1. The van der Waals surface area contributed by atoms with Crippen molar-refractivity contribution in [3.8, 4) is 0 Å². The molecule has 1 saturated heterocycles. The van der Waals surface area contributed by atoms with Crippen LogP contribution in [0.3, 0.4) is 0 Å². The van der Waals surface area contributed by atoms with Gasteiger partial charge in [-0.1, -0.05) is 30.3 Å². The minimum Gasteiger partial charge on any atom is -0.481 e. The zero-order valence-electron chi connectivity index (χ0n) is 13.2. The minimum absolute atomic E-state index is 0.0601. The van der Waals surface area contributed by atoms with E-state index in [-0.39, 0.29) is 17.9 Å². The Morgan fingerprint density at radius 1 is 1.32 bits per heavy atom. The topological polar surface area (TPSA) is 60.9 Å². The molecule has 1 atom stereocenters. The molecule has 1 amide bonds. The molecule has 5 nitrogen and oxygen atoms in total. The number of carbonyl (C=O) groups is 2. The van der Waals surface area contributed by atoms with Crippen molar-refractivity contribution in [2.75, 3.05) is 19.6 Å². The number of likely N-dealkylation sites (tertiary alicyclic amines) is 1. The van der Waals surface area contributed by atoms with E-state index in [2.05, 4.69) is 0 Å². The van der Waals surface area contributed by atoms with Crippen LogP contribution in [-0.2, 0) is 16.1 Å². The summed E-state index contributed by atoms with van der Waals surface area (Å²) in [5, 5.41) is 9.04. The Morgan fingerprint density at radius 2 is 2.00 bits per heavy atom. The predicted molar refractivity (Wildman–Crippen MR) is 84.3 cm³/mol. The van der Waals surface area contributed by atoms with Gasteiger partial charge >= 0.3 is 5.97 Å². The van der Waals surface area contributed by atoms with E-state index >= 15 is 0 Å². The highest BCUT2D eigenvalue weighted by atomic mass is 16.4. The first kappa shape index (κ1) is 16.5. The fraction of sp³-hybridized carbons (Fsp3) is 0.529. The van der Waals surface area contributed by atoms with E-state index in [1.54, 1.807) is 0 Å². The van der Waals surface area contributed by atoms with Gasteiger partial charge in [0.25, 0.3) is 0 Å². The van der Waals surface area contributed by atoms with Gasteiger partial charge in [0.05, 0.1) is 12.5 Å². The molecular formula is C17H24N2O3. The van der Waals surface area contributed by atoms with Crippen molar-refractivity contribution < 1.29 is 14.7 Å². The normalized spacial score (nSPS) is 18.6. The summed E-state index contributed by atoms with van der Waals surface area (Å²) in [5.41, 5.74) is 1.11. The zero-order valence-corrected chi connectivity index (χ0v) is 13.2. The van der Waals surface area contributed by atoms with Crippen LogP contribution >= 0.6 is 0 Å². The van der Waals surface area contributed by atoms with Crippen LogP contribution in [-0.4, -0.2) is 52.5 Å². The van der Waals surface area contributed by atoms with Gasteiger partial charge in [-0.2, -0.15) is 0 Å². The first-order valence-corrected chi connectivity index (χ1v) is 7.76. The number of benzene rings is 1. The molecule has 1 heterocycles. The van der Waals surface area contributed by atoms with Crippen LogP contribution in [0.25, 0.3) is 0 Å². The van der Waals surface area contributed by atoms with Gasteiger partial charge in [0, 0.05) is 19.1 Å². The van der Waals surface area contributed by atoms with Crippen LogP contribution < -0.4 is 0 Å². The summed E-state index contributed by atoms with van der Waals surface area (Å²) in [4.78, 5) is 27.3. The molecule has 1 aromatic rings. The molecule has 5 heteroatoms. The molecule has 22 heavy (non-hydrogen) atoms. The second kappa shape index (κ2) is 7.40. The maximum absolute atomic E-state index is 12.6. The van der Waals surface area contributed by atoms with Crippen molar-refractivity contribution in [2.45, 2.75) is 32.9 Å². The molecule has 0 spiro atoms. The Balaban J connectivity index is 1.94. The summed E-state index contributed by atoms with van der Waals surface area (Å²) in [6.07, 6.45) is 0.628. The molecule has 2 rings (SSSR count). The maximum Gasteiger partial charge on any atom is 0.307 e. The van der Waals surface area contributed by atoms with Crippen LogP contribution in [0.15, 0.2) is 30.3 Å². The van der Waals surface area contributed by atoms with Crippen molar-refractivity contribution >= 4 is 11.9 Å². The molecule has 0 aliphatic carbocycles. The number of aliphatic carboxylic acids is 1. The Kier molecular flexibility index (Phi) is 5.55. The van der Waals surface area contributed by atoms with E-state index in [0.29, 0.717) is 32.6 Å². The van der Waals surface area contributed by atoms with Crippen molar-refractivity contribution in [3.63, 3.8) is 0 Å². The third-order valence-corrected chi connectivity index (χ3v) is 4.12. The number of hydrogen-bond acceptors (Lipinski definition) is 3. The summed E-state index contributed by atoms with van der Waals surface area (Å²) in [5.74, 6) is -1.04. The second-order valence-corrected chi connectivity index (χ2v) is 6.16. The number of carbonyl (C=O) groups excluding carboxylic acids is 1. The molecule has 1 N–H and O–H groups in total. The minimum atomic E-state index is -0.764. The molecule has 1 fully saturated rings. The second-order valence-electron chi connectivity index (χ2n) is 6.16. The first-order valence-electron chi connectivity index (χ1n) is 7.76. The molecule has 120 valence electrons. The highest BCUT2D eigenvalue weighted by Crippen LogP contribution is 2.17. The van der Waals surface area contributed by atoms with Gasteiger partial charge in [-0.15, -0.1) is 0 Å². The Hall–Kier alpha value is -1.88. The summed E-state index contributed by atoms with van der Waals surface area (Å²) in [6, 6.07) is 10.0. The maximum atomic E-state index is 12.6. The van der Waals surface area contributed by atoms with Crippen LogP contribution in [0, 0.1) is 5.92 Å². The fourth-order valence-electron chi connectivity index (χ4n) is 2.80. The number of nitrogens with zero attached hydrogens (tertiary/aromatic N) is 2. The SMILES string of the molecule is CC(C)N(Cc1ccccc1)C(=O)CN1CCC(C(=O)O)C1. The van der Waals surface area contributed by atoms with Crippen LogP contribution in [0.2, 0.25) is 0 Å². The lowest BCUT2D eigenvalue weighted by molar-refractivity contribution is -0.141. The van der Waals surface area contributed by atoms with E-state index in [1.165, 1.54) is 0 Å². The molecule has 1 aliphatic rings. The van der Waals surface area contributed by atoms with Crippen LogP contribution in [0.5, 0.6) is 0 Å². The Labute approximate surface area is 131 Å². The van der Waals surface area contributed by atoms with Gasteiger partial charge < -0.3 is 10.0 Å². The van der Waals surface area contributed by atoms with E-state index in [4.69, 9.17) is 5.11 Å². The smallest absolute Gasteiger partial charge is 0.307 e. The Morgan fingerprint density at radius 3 is 2.55 bits per heavy atom.